The van der Waals surface area contributed by atoms with Gasteiger partial charge in [0.15, 0.2) is 0 Å². The number of carbonyl (C=O) groups excluding carboxylic acids is 2. The minimum absolute atomic E-state index is 0.0791. The van der Waals surface area contributed by atoms with Gasteiger partial charge < -0.3 is 15.1 Å². The van der Waals surface area contributed by atoms with Gasteiger partial charge >= 0.3 is 0 Å². The van der Waals surface area contributed by atoms with Crippen LogP contribution in [-0.2, 0) is 16.1 Å². The molecule has 0 bridgehead atoms. The lowest BCUT2D eigenvalue weighted by Gasteiger charge is -2.30. The van der Waals surface area contributed by atoms with Gasteiger partial charge in [-0.2, -0.15) is 0 Å². The highest BCUT2D eigenvalue weighted by atomic mass is 19.1. The molecule has 0 aliphatic carbocycles. The van der Waals surface area contributed by atoms with E-state index in [0.717, 1.165) is 18.7 Å². The molecule has 0 spiro atoms. The zero-order chi connectivity index (χ0) is 20.4. The Morgan fingerprint density at radius 3 is 2.59 bits per heavy atom. The number of hydrogen-bond donors (Lipinski definition) is 1. The molecule has 2 aromatic carbocycles. The molecule has 0 aromatic heterocycles. The van der Waals surface area contributed by atoms with E-state index in [-0.39, 0.29) is 18.2 Å². The summed E-state index contributed by atoms with van der Waals surface area (Å²) in [4.78, 5) is 29.1. The Morgan fingerprint density at radius 1 is 1.14 bits per heavy atom. The van der Waals surface area contributed by atoms with Crippen LogP contribution in [0, 0.1) is 5.82 Å². The van der Waals surface area contributed by atoms with Crippen LogP contribution in [0.2, 0.25) is 0 Å². The Labute approximate surface area is 170 Å². The molecule has 2 amide bonds. The van der Waals surface area contributed by atoms with Crippen molar-refractivity contribution in [3.63, 3.8) is 0 Å². The molecule has 2 aliphatic heterocycles. The molecule has 5 nitrogen and oxygen atoms in total. The van der Waals surface area contributed by atoms with Crippen molar-refractivity contribution in [2.75, 3.05) is 30.4 Å². The number of piperidine rings is 1. The molecule has 0 saturated carbocycles. The number of anilines is 2. The quantitative estimate of drug-likeness (QED) is 0.854. The van der Waals surface area contributed by atoms with E-state index in [1.165, 1.54) is 37.1 Å². The van der Waals surface area contributed by atoms with Crippen LogP contribution < -0.4 is 10.2 Å². The van der Waals surface area contributed by atoms with Crippen molar-refractivity contribution in [1.82, 2.24) is 4.90 Å². The van der Waals surface area contributed by atoms with E-state index in [1.54, 1.807) is 18.0 Å². The van der Waals surface area contributed by atoms with Crippen LogP contribution in [0.15, 0.2) is 42.5 Å². The summed E-state index contributed by atoms with van der Waals surface area (Å²) in [5.41, 5.74) is 3.32. The molecule has 4 rings (SSSR count). The van der Waals surface area contributed by atoms with E-state index in [9.17, 15) is 14.0 Å². The smallest absolute Gasteiger partial charge is 0.230 e. The number of hydrogen-bond acceptors (Lipinski definition) is 3. The number of rotatable bonds is 4. The first-order chi connectivity index (χ1) is 14.0. The summed E-state index contributed by atoms with van der Waals surface area (Å²) in [5, 5.41) is 2.66. The average Bonchev–Trinajstić information content (AvgIpc) is 2.73. The number of nitrogens with one attached hydrogen (secondary N) is 1. The third-order valence-electron chi connectivity index (χ3n) is 5.81. The molecule has 0 radical (unpaired) electrons. The Bertz CT molecular complexity index is 907. The second-order valence-corrected chi connectivity index (χ2v) is 7.94. The number of benzene rings is 2. The van der Waals surface area contributed by atoms with E-state index in [1.807, 2.05) is 0 Å². The van der Waals surface area contributed by atoms with Crippen LogP contribution in [0.5, 0.6) is 0 Å². The number of fused-ring (bicyclic) bond motifs is 1. The predicted molar refractivity (Wildman–Crippen MR) is 111 cm³/mol. The van der Waals surface area contributed by atoms with E-state index >= 15 is 0 Å². The molecule has 2 aliphatic rings. The normalized spacial score (nSPS) is 18.8. The maximum absolute atomic E-state index is 13.5. The summed E-state index contributed by atoms with van der Waals surface area (Å²) in [5.74, 6) is -1.41. The monoisotopic (exact) mass is 395 g/mol. The first-order valence-corrected chi connectivity index (χ1v) is 10.2. The van der Waals surface area contributed by atoms with Crippen molar-refractivity contribution < 1.29 is 14.0 Å². The molecular formula is C23H26FN3O2. The SMILES string of the molecule is CN(Cc1ccc(N2CCCCC2)cc1)C(=O)C1CC(=O)Nc2cc(F)ccc21. The topological polar surface area (TPSA) is 52.7 Å². The van der Waals surface area contributed by atoms with Crippen LogP contribution in [0.4, 0.5) is 15.8 Å². The highest BCUT2D eigenvalue weighted by Crippen LogP contribution is 2.34. The minimum atomic E-state index is -0.586. The van der Waals surface area contributed by atoms with Crippen molar-refractivity contribution in [2.24, 2.45) is 0 Å². The second kappa shape index (κ2) is 8.23. The Balaban J connectivity index is 1.45. The molecule has 1 atom stereocenters. The molecule has 2 heterocycles. The fraction of sp³-hybridized carbons (Fsp3) is 0.391. The molecule has 29 heavy (non-hydrogen) atoms. The molecule has 1 unspecified atom stereocenters. The van der Waals surface area contributed by atoms with Gasteiger partial charge in [-0.1, -0.05) is 18.2 Å². The molecule has 152 valence electrons. The maximum atomic E-state index is 13.5. The van der Waals surface area contributed by atoms with Gasteiger partial charge in [-0.3, -0.25) is 9.59 Å². The lowest BCUT2D eigenvalue weighted by atomic mass is 9.89. The van der Waals surface area contributed by atoms with Gasteiger partial charge in [0.05, 0.1) is 5.92 Å². The van der Waals surface area contributed by atoms with Gasteiger partial charge in [0, 0.05) is 44.5 Å². The van der Waals surface area contributed by atoms with Gasteiger partial charge in [0.1, 0.15) is 5.82 Å². The van der Waals surface area contributed by atoms with Crippen LogP contribution in [0.25, 0.3) is 0 Å². The summed E-state index contributed by atoms with van der Waals surface area (Å²) in [7, 11) is 1.75. The molecule has 1 N–H and O–H groups in total. The molecule has 2 aromatic rings. The zero-order valence-electron chi connectivity index (χ0n) is 16.7. The predicted octanol–water partition coefficient (Wildman–Crippen LogP) is 3.90. The molecular weight excluding hydrogens is 369 g/mol. The third-order valence-corrected chi connectivity index (χ3v) is 5.81. The van der Waals surface area contributed by atoms with Crippen LogP contribution in [0.3, 0.4) is 0 Å². The lowest BCUT2D eigenvalue weighted by Crippen LogP contribution is -2.36. The Kier molecular flexibility index (Phi) is 5.51. The minimum Gasteiger partial charge on any atom is -0.372 e. The van der Waals surface area contributed by atoms with Gasteiger partial charge in [-0.15, -0.1) is 0 Å². The Hall–Kier alpha value is -2.89. The maximum Gasteiger partial charge on any atom is 0.230 e. The van der Waals surface area contributed by atoms with Crippen molar-refractivity contribution >= 4 is 23.2 Å². The van der Waals surface area contributed by atoms with E-state index in [0.29, 0.717) is 17.8 Å². The second-order valence-electron chi connectivity index (χ2n) is 7.94. The van der Waals surface area contributed by atoms with Gasteiger partial charge in [0.25, 0.3) is 0 Å². The van der Waals surface area contributed by atoms with Crippen molar-refractivity contribution in [3.05, 3.63) is 59.4 Å². The highest BCUT2D eigenvalue weighted by molar-refractivity contribution is 6.01. The lowest BCUT2D eigenvalue weighted by molar-refractivity contribution is -0.134. The van der Waals surface area contributed by atoms with Gasteiger partial charge in [0.2, 0.25) is 11.8 Å². The summed E-state index contributed by atoms with van der Waals surface area (Å²) >= 11 is 0. The summed E-state index contributed by atoms with van der Waals surface area (Å²) in [6.45, 7) is 2.66. The van der Waals surface area contributed by atoms with Gasteiger partial charge in [-0.05, 0) is 54.7 Å². The van der Waals surface area contributed by atoms with E-state index < -0.39 is 11.7 Å². The number of likely N-dealkylation sites (N-methyl/N-ethyl adjacent to an activating group) is 1. The molecule has 1 saturated heterocycles. The number of halogens is 1. The van der Waals surface area contributed by atoms with Crippen LogP contribution >= 0.6 is 0 Å². The van der Waals surface area contributed by atoms with Crippen molar-refractivity contribution in [2.45, 2.75) is 38.1 Å². The molecule has 6 heteroatoms. The third kappa shape index (κ3) is 4.26. The first-order valence-electron chi connectivity index (χ1n) is 10.2. The fourth-order valence-electron chi connectivity index (χ4n) is 4.24. The number of carbonyl (C=O) groups is 2. The zero-order valence-corrected chi connectivity index (χ0v) is 16.7. The number of nitrogens with zero attached hydrogens (tertiary/aromatic N) is 2. The fourth-order valence-corrected chi connectivity index (χ4v) is 4.24. The Morgan fingerprint density at radius 2 is 1.86 bits per heavy atom. The summed E-state index contributed by atoms with van der Waals surface area (Å²) in [6.07, 6.45) is 3.85. The standard InChI is InChI=1S/C23H26FN3O2/c1-26(15-16-5-8-18(9-6-16)27-11-3-2-4-12-27)23(29)20-14-22(28)25-21-13-17(24)7-10-19(20)21/h5-10,13,20H,2-4,11-12,14-15H2,1H3,(H,25,28). The highest BCUT2D eigenvalue weighted by Gasteiger charge is 2.32. The van der Waals surface area contributed by atoms with Crippen molar-refractivity contribution in [1.29, 1.82) is 0 Å². The summed E-state index contributed by atoms with van der Waals surface area (Å²) < 4.78 is 13.5. The average molecular weight is 395 g/mol. The molecule has 1 fully saturated rings. The summed E-state index contributed by atoms with van der Waals surface area (Å²) in [6, 6.07) is 12.5. The van der Waals surface area contributed by atoms with Crippen LogP contribution in [-0.4, -0.2) is 36.9 Å². The van der Waals surface area contributed by atoms with E-state index in [4.69, 9.17) is 0 Å². The van der Waals surface area contributed by atoms with Crippen molar-refractivity contribution in [3.8, 4) is 0 Å². The van der Waals surface area contributed by atoms with E-state index in [2.05, 4.69) is 34.5 Å². The van der Waals surface area contributed by atoms with Crippen LogP contribution in [0.1, 0.15) is 42.7 Å². The van der Waals surface area contributed by atoms with Gasteiger partial charge in [-0.25, -0.2) is 4.39 Å². The first kappa shape index (κ1) is 19.4. The largest absolute Gasteiger partial charge is 0.372 e. The number of amides is 2.